The van der Waals surface area contributed by atoms with Gasteiger partial charge in [-0.25, -0.2) is 0 Å². The van der Waals surface area contributed by atoms with Crippen LogP contribution in [0.25, 0.3) is 0 Å². The van der Waals surface area contributed by atoms with E-state index in [1.165, 1.54) is 31.2 Å². The topological polar surface area (TPSA) is 49.4 Å². The molecule has 2 amide bonds. The molecule has 2 fully saturated rings. The minimum Gasteiger partial charge on any atom is -0.344 e. The summed E-state index contributed by atoms with van der Waals surface area (Å²) in [6.45, 7) is 5.80. The van der Waals surface area contributed by atoms with E-state index in [1.54, 1.807) is 0 Å². The molecule has 0 bridgehead atoms. The maximum atomic E-state index is 13.3. The third-order valence-corrected chi connectivity index (χ3v) is 7.34. The summed E-state index contributed by atoms with van der Waals surface area (Å²) in [6, 6.07) is 10.3. The Morgan fingerprint density at radius 2 is 1.70 bits per heavy atom. The molecule has 0 spiro atoms. The lowest BCUT2D eigenvalue weighted by Gasteiger charge is -2.36. The van der Waals surface area contributed by atoms with Crippen LogP contribution < -0.4 is 5.32 Å². The average molecular weight is 413 g/mol. The van der Waals surface area contributed by atoms with E-state index in [2.05, 4.69) is 49.5 Å². The summed E-state index contributed by atoms with van der Waals surface area (Å²) in [7, 11) is 0. The maximum absolute atomic E-state index is 13.3. The van der Waals surface area contributed by atoms with Gasteiger partial charge in [-0.2, -0.15) is 0 Å². The molecule has 1 saturated heterocycles. The van der Waals surface area contributed by atoms with Crippen LogP contribution in [0.2, 0.25) is 0 Å². The van der Waals surface area contributed by atoms with Crippen molar-refractivity contribution in [2.24, 2.45) is 17.8 Å². The van der Waals surface area contributed by atoms with E-state index in [9.17, 15) is 9.59 Å². The Morgan fingerprint density at radius 3 is 2.33 bits per heavy atom. The number of nitrogens with one attached hydrogen (secondary N) is 1. The van der Waals surface area contributed by atoms with Crippen LogP contribution in [0.3, 0.4) is 0 Å². The van der Waals surface area contributed by atoms with Gasteiger partial charge in [-0.15, -0.1) is 0 Å². The molecule has 2 aliphatic rings. The van der Waals surface area contributed by atoms with E-state index in [1.807, 2.05) is 4.90 Å². The Kier molecular flexibility index (Phi) is 8.77. The van der Waals surface area contributed by atoms with Crippen molar-refractivity contribution < 1.29 is 9.59 Å². The summed E-state index contributed by atoms with van der Waals surface area (Å²) in [4.78, 5) is 27.9. The molecule has 4 heteroatoms. The van der Waals surface area contributed by atoms with Gasteiger partial charge in [-0.05, 0) is 49.0 Å². The number of benzene rings is 1. The third-order valence-electron chi connectivity index (χ3n) is 7.34. The number of carbonyl (C=O) groups is 2. The summed E-state index contributed by atoms with van der Waals surface area (Å²) in [6.07, 6.45) is 10.7. The monoisotopic (exact) mass is 412 g/mol. The number of piperidine rings is 1. The lowest BCUT2D eigenvalue weighted by molar-refractivity contribution is -0.139. The minimum atomic E-state index is -0.378. The summed E-state index contributed by atoms with van der Waals surface area (Å²) in [5.41, 5.74) is 1.38. The summed E-state index contributed by atoms with van der Waals surface area (Å²) >= 11 is 0. The first-order valence-electron chi connectivity index (χ1n) is 12.2. The first kappa shape index (κ1) is 22.8. The van der Waals surface area contributed by atoms with E-state index in [0.717, 1.165) is 45.2 Å². The second-order valence-electron chi connectivity index (χ2n) is 9.58. The highest BCUT2D eigenvalue weighted by atomic mass is 16.2. The molecule has 3 rings (SSSR count). The standard InChI is InChI=1S/C26H40N2O2/c1-3-20(2)25(27-24(29)14-13-21-9-7-8-10-21)26(30)28-17-15-23(16-18-28)19-22-11-5-4-6-12-22/h4-6,11-12,20-21,23,25H,3,7-10,13-19H2,1-2H3,(H,27,29). The van der Waals surface area contributed by atoms with Crippen molar-refractivity contribution in [2.45, 2.75) is 84.1 Å². The van der Waals surface area contributed by atoms with E-state index >= 15 is 0 Å². The number of hydrogen-bond acceptors (Lipinski definition) is 2. The van der Waals surface area contributed by atoms with Crippen molar-refractivity contribution in [3.05, 3.63) is 35.9 Å². The molecule has 2 atom stereocenters. The van der Waals surface area contributed by atoms with E-state index < -0.39 is 0 Å². The number of hydrogen-bond donors (Lipinski definition) is 1. The van der Waals surface area contributed by atoms with Gasteiger partial charge in [0.15, 0.2) is 0 Å². The number of amides is 2. The molecular weight excluding hydrogens is 372 g/mol. The molecule has 1 aliphatic heterocycles. The fraction of sp³-hybridized carbons (Fsp3) is 0.692. The highest BCUT2D eigenvalue weighted by Crippen LogP contribution is 2.28. The summed E-state index contributed by atoms with van der Waals surface area (Å²) < 4.78 is 0. The van der Waals surface area contributed by atoms with Crippen LogP contribution in [-0.4, -0.2) is 35.8 Å². The van der Waals surface area contributed by atoms with Crippen LogP contribution >= 0.6 is 0 Å². The second kappa shape index (κ2) is 11.5. The molecule has 1 saturated carbocycles. The van der Waals surface area contributed by atoms with Crippen LogP contribution in [0.5, 0.6) is 0 Å². The number of nitrogens with zero attached hydrogens (tertiary/aromatic N) is 1. The summed E-state index contributed by atoms with van der Waals surface area (Å²) in [5.74, 6) is 1.68. The maximum Gasteiger partial charge on any atom is 0.245 e. The summed E-state index contributed by atoms with van der Waals surface area (Å²) in [5, 5.41) is 3.11. The van der Waals surface area contributed by atoms with Gasteiger partial charge in [-0.3, -0.25) is 9.59 Å². The molecule has 0 radical (unpaired) electrons. The molecule has 1 aromatic rings. The molecule has 1 N–H and O–H groups in total. The first-order chi connectivity index (χ1) is 14.6. The minimum absolute atomic E-state index is 0.0551. The fourth-order valence-electron chi connectivity index (χ4n) is 5.06. The van der Waals surface area contributed by atoms with Gasteiger partial charge in [0, 0.05) is 19.5 Å². The smallest absolute Gasteiger partial charge is 0.245 e. The van der Waals surface area contributed by atoms with Crippen LogP contribution in [0, 0.1) is 17.8 Å². The van der Waals surface area contributed by atoms with Gasteiger partial charge < -0.3 is 10.2 Å². The van der Waals surface area contributed by atoms with E-state index in [4.69, 9.17) is 0 Å². The van der Waals surface area contributed by atoms with E-state index in [0.29, 0.717) is 18.3 Å². The molecule has 166 valence electrons. The van der Waals surface area contributed by atoms with Crippen molar-refractivity contribution in [2.75, 3.05) is 13.1 Å². The Hall–Kier alpha value is -1.84. The quantitative estimate of drug-likeness (QED) is 0.622. The highest BCUT2D eigenvalue weighted by molar-refractivity contribution is 5.88. The zero-order valence-electron chi connectivity index (χ0n) is 18.9. The zero-order chi connectivity index (χ0) is 21.3. The third kappa shape index (κ3) is 6.58. The first-order valence-corrected chi connectivity index (χ1v) is 12.2. The highest BCUT2D eigenvalue weighted by Gasteiger charge is 2.32. The van der Waals surface area contributed by atoms with Gasteiger partial charge >= 0.3 is 0 Å². The molecule has 1 aromatic carbocycles. The van der Waals surface area contributed by atoms with Crippen molar-refractivity contribution in [1.82, 2.24) is 10.2 Å². The van der Waals surface area contributed by atoms with Crippen LogP contribution in [0.4, 0.5) is 0 Å². The largest absolute Gasteiger partial charge is 0.344 e. The zero-order valence-corrected chi connectivity index (χ0v) is 18.9. The van der Waals surface area contributed by atoms with Gasteiger partial charge in [0.2, 0.25) is 11.8 Å². The van der Waals surface area contributed by atoms with Crippen molar-refractivity contribution in [1.29, 1.82) is 0 Å². The SMILES string of the molecule is CCC(C)C(NC(=O)CCC1CCCC1)C(=O)N1CCC(Cc2ccccc2)CC1. The van der Waals surface area contributed by atoms with Gasteiger partial charge in [0.05, 0.1) is 0 Å². The lowest BCUT2D eigenvalue weighted by atomic mass is 9.89. The Balaban J connectivity index is 1.49. The van der Waals surface area contributed by atoms with Crippen molar-refractivity contribution >= 4 is 11.8 Å². The molecule has 4 nitrogen and oxygen atoms in total. The fourth-order valence-corrected chi connectivity index (χ4v) is 5.06. The predicted molar refractivity (Wildman–Crippen MR) is 122 cm³/mol. The van der Waals surface area contributed by atoms with Crippen LogP contribution in [0.15, 0.2) is 30.3 Å². The molecular formula is C26H40N2O2. The lowest BCUT2D eigenvalue weighted by Crippen LogP contribution is -2.53. The van der Waals surface area contributed by atoms with Crippen molar-refractivity contribution in [3.63, 3.8) is 0 Å². The molecule has 1 heterocycles. The molecule has 0 aromatic heterocycles. The molecule has 2 unspecified atom stereocenters. The average Bonchev–Trinajstić information content (AvgIpc) is 3.30. The number of likely N-dealkylation sites (tertiary alicyclic amines) is 1. The van der Waals surface area contributed by atoms with E-state index in [-0.39, 0.29) is 23.8 Å². The molecule has 1 aliphatic carbocycles. The normalized spacial score (nSPS) is 20.1. The van der Waals surface area contributed by atoms with Gasteiger partial charge in [0.1, 0.15) is 6.04 Å². The predicted octanol–water partition coefficient (Wildman–Crippen LogP) is 4.97. The Morgan fingerprint density at radius 1 is 1.03 bits per heavy atom. The number of rotatable bonds is 9. The Bertz CT molecular complexity index is 661. The number of carbonyl (C=O) groups excluding carboxylic acids is 2. The molecule has 30 heavy (non-hydrogen) atoms. The van der Waals surface area contributed by atoms with Crippen LogP contribution in [-0.2, 0) is 16.0 Å². The van der Waals surface area contributed by atoms with Crippen LogP contribution in [0.1, 0.15) is 77.2 Å². The van der Waals surface area contributed by atoms with Gasteiger partial charge in [-0.1, -0.05) is 76.3 Å². The second-order valence-corrected chi connectivity index (χ2v) is 9.58. The van der Waals surface area contributed by atoms with Crippen molar-refractivity contribution in [3.8, 4) is 0 Å². The Labute approximate surface area is 182 Å². The van der Waals surface area contributed by atoms with Gasteiger partial charge in [0.25, 0.3) is 0 Å².